The number of fused-ring (bicyclic) bond motifs is 1. The van der Waals surface area contributed by atoms with Crippen molar-refractivity contribution < 1.29 is 4.79 Å². The highest BCUT2D eigenvalue weighted by Crippen LogP contribution is 2.29. The maximum absolute atomic E-state index is 11.9. The number of thiophene rings is 1. The standard InChI is InChI=1S/C14H14BrNOS/c1-9-7-10-12(3-2-4-13(10)17)16(9)8-14-11(15)5-6-18-14/h5-7H,2-4,8H2,1H3. The molecule has 0 fully saturated rings. The summed E-state index contributed by atoms with van der Waals surface area (Å²) in [5, 5.41) is 2.09. The van der Waals surface area contributed by atoms with Gasteiger partial charge in [-0.15, -0.1) is 11.3 Å². The molecule has 0 amide bonds. The molecule has 3 rings (SSSR count). The fourth-order valence-corrected chi connectivity index (χ4v) is 4.06. The quantitative estimate of drug-likeness (QED) is 0.812. The molecule has 0 saturated carbocycles. The third-order valence-electron chi connectivity index (χ3n) is 3.53. The van der Waals surface area contributed by atoms with Crippen LogP contribution in [0.25, 0.3) is 0 Å². The second-order valence-corrected chi connectivity index (χ2v) is 6.56. The van der Waals surface area contributed by atoms with Gasteiger partial charge in [-0.2, -0.15) is 0 Å². The van der Waals surface area contributed by atoms with E-state index in [9.17, 15) is 4.79 Å². The van der Waals surface area contributed by atoms with Gasteiger partial charge in [-0.3, -0.25) is 4.79 Å². The maximum atomic E-state index is 11.9. The van der Waals surface area contributed by atoms with E-state index in [-0.39, 0.29) is 0 Å². The van der Waals surface area contributed by atoms with E-state index in [1.54, 1.807) is 11.3 Å². The van der Waals surface area contributed by atoms with Crippen LogP contribution in [-0.2, 0) is 13.0 Å². The number of Topliss-reactive ketones (excluding diaryl/α,β-unsaturated/α-hetero) is 1. The molecule has 2 nitrogen and oxygen atoms in total. The van der Waals surface area contributed by atoms with E-state index >= 15 is 0 Å². The summed E-state index contributed by atoms with van der Waals surface area (Å²) >= 11 is 5.33. The first kappa shape index (κ1) is 12.2. The summed E-state index contributed by atoms with van der Waals surface area (Å²) in [4.78, 5) is 13.2. The minimum absolute atomic E-state index is 0.309. The van der Waals surface area contributed by atoms with Gasteiger partial charge in [0.15, 0.2) is 5.78 Å². The number of ketones is 1. The second kappa shape index (κ2) is 4.67. The van der Waals surface area contributed by atoms with Crippen molar-refractivity contribution in [1.82, 2.24) is 4.57 Å². The Morgan fingerprint density at radius 3 is 3.00 bits per heavy atom. The molecule has 0 bridgehead atoms. The van der Waals surface area contributed by atoms with Crippen molar-refractivity contribution in [3.63, 3.8) is 0 Å². The largest absolute Gasteiger partial charge is 0.343 e. The van der Waals surface area contributed by atoms with Gasteiger partial charge in [0.25, 0.3) is 0 Å². The molecule has 1 aliphatic rings. The smallest absolute Gasteiger partial charge is 0.164 e. The van der Waals surface area contributed by atoms with Crippen LogP contribution in [0.2, 0.25) is 0 Å². The highest BCUT2D eigenvalue weighted by atomic mass is 79.9. The lowest BCUT2D eigenvalue weighted by Gasteiger charge is -2.15. The molecule has 0 atom stereocenters. The molecule has 0 radical (unpaired) electrons. The van der Waals surface area contributed by atoms with E-state index in [1.165, 1.54) is 16.3 Å². The number of aryl methyl sites for hydroxylation is 1. The van der Waals surface area contributed by atoms with Crippen LogP contribution >= 0.6 is 27.3 Å². The second-order valence-electron chi connectivity index (χ2n) is 4.70. The number of hydrogen-bond acceptors (Lipinski definition) is 2. The number of carbonyl (C=O) groups is 1. The molecular formula is C14H14BrNOS. The van der Waals surface area contributed by atoms with Crippen molar-refractivity contribution in [1.29, 1.82) is 0 Å². The van der Waals surface area contributed by atoms with Crippen molar-refractivity contribution in [2.75, 3.05) is 0 Å². The van der Waals surface area contributed by atoms with Crippen LogP contribution in [0, 0.1) is 6.92 Å². The monoisotopic (exact) mass is 323 g/mol. The Morgan fingerprint density at radius 2 is 2.28 bits per heavy atom. The predicted molar refractivity (Wildman–Crippen MR) is 77.6 cm³/mol. The summed E-state index contributed by atoms with van der Waals surface area (Å²) in [5.74, 6) is 0.309. The Morgan fingerprint density at radius 1 is 1.44 bits per heavy atom. The lowest BCUT2D eigenvalue weighted by molar-refractivity contribution is 0.0972. The minimum Gasteiger partial charge on any atom is -0.343 e. The van der Waals surface area contributed by atoms with Gasteiger partial charge >= 0.3 is 0 Å². The highest BCUT2D eigenvalue weighted by Gasteiger charge is 2.22. The zero-order valence-corrected chi connectivity index (χ0v) is 12.6. The molecule has 0 saturated heterocycles. The topological polar surface area (TPSA) is 22.0 Å². The summed E-state index contributed by atoms with van der Waals surface area (Å²) in [7, 11) is 0. The van der Waals surface area contributed by atoms with Gasteiger partial charge in [0.2, 0.25) is 0 Å². The number of halogens is 1. The predicted octanol–water partition coefficient (Wildman–Crippen LogP) is 4.19. The van der Waals surface area contributed by atoms with Crippen LogP contribution < -0.4 is 0 Å². The van der Waals surface area contributed by atoms with Crippen LogP contribution in [0.15, 0.2) is 22.0 Å². The first-order valence-electron chi connectivity index (χ1n) is 6.11. The van der Waals surface area contributed by atoms with Crippen molar-refractivity contribution >= 4 is 33.0 Å². The van der Waals surface area contributed by atoms with Gasteiger partial charge in [-0.25, -0.2) is 0 Å². The molecule has 1 aliphatic carbocycles. The van der Waals surface area contributed by atoms with Gasteiger partial charge in [0.1, 0.15) is 0 Å². The Hall–Kier alpha value is -0.870. The van der Waals surface area contributed by atoms with E-state index in [2.05, 4.69) is 44.9 Å². The first-order valence-corrected chi connectivity index (χ1v) is 7.78. The summed E-state index contributed by atoms with van der Waals surface area (Å²) in [5.41, 5.74) is 3.37. The van der Waals surface area contributed by atoms with Crippen LogP contribution in [0.4, 0.5) is 0 Å². The van der Waals surface area contributed by atoms with Gasteiger partial charge < -0.3 is 4.57 Å². The molecule has 0 spiro atoms. The van der Waals surface area contributed by atoms with Crippen LogP contribution in [0.3, 0.4) is 0 Å². The normalized spacial score (nSPS) is 14.9. The molecule has 0 unspecified atom stereocenters. The number of nitrogens with zero attached hydrogens (tertiary/aromatic N) is 1. The van der Waals surface area contributed by atoms with Crippen molar-refractivity contribution in [3.05, 3.63) is 43.8 Å². The van der Waals surface area contributed by atoms with E-state index < -0.39 is 0 Å². The molecule has 0 aliphatic heterocycles. The fourth-order valence-electron chi connectivity index (χ4n) is 2.59. The van der Waals surface area contributed by atoms with Gasteiger partial charge in [-0.05, 0) is 53.2 Å². The zero-order valence-electron chi connectivity index (χ0n) is 10.2. The molecule has 0 aromatic carbocycles. The molecule has 2 aromatic heterocycles. The Kier molecular flexibility index (Phi) is 3.16. The van der Waals surface area contributed by atoms with Crippen molar-refractivity contribution in [2.24, 2.45) is 0 Å². The molecule has 2 aromatic rings. The zero-order chi connectivity index (χ0) is 12.7. The van der Waals surface area contributed by atoms with E-state index in [1.807, 2.05) is 0 Å². The summed E-state index contributed by atoms with van der Waals surface area (Å²) in [6, 6.07) is 4.13. The molecular weight excluding hydrogens is 310 g/mol. The summed E-state index contributed by atoms with van der Waals surface area (Å²) in [6.07, 6.45) is 2.72. The molecule has 94 valence electrons. The molecule has 4 heteroatoms. The Labute approximate surface area is 119 Å². The van der Waals surface area contributed by atoms with Gasteiger partial charge in [-0.1, -0.05) is 0 Å². The number of rotatable bonds is 2. The lowest BCUT2D eigenvalue weighted by Crippen LogP contribution is -2.14. The Balaban J connectivity index is 2.02. The SMILES string of the molecule is Cc1cc2c(n1Cc1sccc1Br)CCCC2=O. The lowest BCUT2D eigenvalue weighted by atomic mass is 9.97. The van der Waals surface area contributed by atoms with Crippen LogP contribution in [0.5, 0.6) is 0 Å². The minimum atomic E-state index is 0.309. The van der Waals surface area contributed by atoms with Crippen LogP contribution in [-0.4, -0.2) is 10.4 Å². The average Bonchev–Trinajstić information content (AvgIpc) is 2.87. The van der Waals surface area contributed by atoms with E-state index in [0.29, 0.717) is 12.2 Å². The average molecular weight is 324 g/mol. The third kappa shape index (κ3) is 1.97. The molecule has 0 N–H and O–H groups in total. The molecule has 2 heterocycles. The highest BCUT2D eigenvalue weighted by molar-refractivity contribution is 9.10. The maximum Gasteiger partial charge on any atom is 0.164 e. The third-order valence-corrected chi connectivity index (χ3v) is 5.44. The van der Waals surface area contributed by atoms with Gasteiger partial charge in [0.05, 0.1) is 6.54 Å². The first-order chi connectivity index (χ1) is 8.66. The number of carbonyl (C=O) groups excluding carboxylic acids is 1. The number of aromatic nitrogens is 1. The van der Waals surface area contributed by atoms with Crippen molar-refractivity contribution in [3.8, 4) is 0 Å². The van der Waals surface area contributed by atoms with E-state index in [4.69, 9.17) is 0 Å². The molecule has 18 heavy (non-hydrogen) atoms. The van der Waals surface area contributed by atoms with Crippen molar-refractivity contribution in [2.45, 2.75) is 32.7 Å². The fraction of sp³-hybridized carbons (Fsp3) is 0.357. The summed E-state index contributed by atoms with van der Waals surface area (Å²) in [6.45, 7) is 2.96. The van der Waals surface area contributed by atoms with E-state index in [0.717, 1.165) is 29.4 Å². The number of hydrogen-bond donors (Lipinski definition) is 0. The Bertz CT molecular complexity index is 611. The summed E-state index contributed by atoms with van der Waals surface area (Å²) < 4.78 is 3.46. The van der Waals surface area contributed by atoms with Gasteiger partial charge in [0, 0.05) is 32.7 Å². The van der Waals surface area contributed by atoms with Crippen LogP contribution in [0.1, 0.15) is 39.5 Å².